The zero-order valence-corrected chi connectivity index (χ0v) is 19.2. The summed E-state index contributed by atoms with van der Waals surface area (Å²) in [5.41, 5.74) is 11.4. The minimum Gasteiger partial charge on any atom is -0.489 e. The molecule has 0 amide bonds. The molecule has 0 unspecified atom stereocenters. The lowest BCUT2D eigenvalue weighted by molar-refractivity contribution is 0.0660. The van der Waals surface area contributed by atoms with Gasteiger partial charge >= 0.3 is 5.97 Å². The van der Waals surface area contributed by atoms with E-state index in [1.54, 1.807) is 6.07 Å². The first-order chi connectivity index (χ1) is 17.1. The molecule has 0 fully saturated rings. The predicted octanol–water partition coefficient (Wildman–Crippen LogP) is 5.73. The molecule has 0 spiro atoms. The van der Waals surface area contributed by atoms with Gasteiger partial charge < -0.3 is 24.6 Å². The summed E-state index contributed by atoms with van der Waals surface area (Å²) in [5.74, 6) is 0.220. The first-order valence-corrected chi connectivity index (χ1v) is 11.5. The van der Waals surface area contributed by atoms with Crippen molar-refractivity contribution in [1.29, 1.82) is 0 Å². The van der Waals surface area contributed by atoms with Crippen LogP contribution in [0.5, 0.6) is 5.75 Å². The lowest BCUT2D eigenvalue weighted by Crippen LogP contribution is -2.02. The van der Waals surface area contributed by atoms with Crippen LogP contribution in [-0.2, 0) is 19.6 Å². The van der Waals surface area contributed by atoms with Crippen molar-refractivity contribution < 1.29 is 19.1 Å². The Labute approximate surface area is 203 Å². The van der Waals surface area contributed by atoms with Crippen LogP contribution in [0.3, 0.4) is 0 Å². The lowest BCUT2D eigenvalue weighted by atomic mass is 10.0. The van der Waals surface area contributed by atoms with E-state index in [9.17, 15) is 4.79 Å². The van der Waals surface area contributed by atoms with Gasteiger partial charge in [0.1, 0.15) is 18.1 Å². The van der Waals surface area contributed by atoms with Gasteiger partial charge in [0, 0.05) is 17.1 Å². The Bertz CT molecular complexity index is 1470. The first kappa shape index (κ1) is 22.5. The Morgan fingerprint density at radius 3 is 2.51 bits per heavy atom. The number of nitrogens with zero attached hydrogens (tertiary/aromatic N) is 1. The van der Waals surface area contributed by atoms with Crippen LogP contribution in [-0.4, -0.2) is 22.2 Å². The zero-order chi connectivity index (χ0) is 24.2. The van der Waals surface area contributed by atoms with Gasteiger partial charge in [0.05, 0.1) is 6.54 Å². The molecule has 0 saturated heterocycles. The molecule has 2 aromatic heterocycles. The van der Waals surface area contributed by atoms with Crippen molar-refractivity contribution in [3.63, 3.8) is 0 Å². The van der Waals surface area contributed by atoms with Crippen LogP contribution in [0.1, 0.15) is 27.4 Å². The molecule has 5 rings (SSSR count). The summed E-state index contributed by atoms with van der Waals surface area (Å²) in [7, 11) is 0. The van der Waals surface area contributed by atoms with Crippen molar-refractivity contribution in [3.8, 4) is 16.9 Å². The summed E-state index contributed by atoms with van der Waals surface area (Å²) >= 11 is 0. The maximum Gasteiger partial charge on any atom is 0.371 e. The predicted molar refractivity (Wildman–Crippen MR) is 136 cm³/mol. The molecular weight excluding hydrogens is 440 g/mol. The van der Waals surface area contributed by atoms with E-state index in [1.807, 2.05) is 48.5 Å². The Morgan fingerprint density at radius 2 is 1.74 bits per heavy atom. The standard InChI is InChI=1S/C29H26N2O4/c30-15-14-21-17-31(18-24-11-13-28(35-24)29(32)33)27-12-10-23(16-26(21)27)34-19-22-8-4-5-9-25(22)20-6-2-1-3-7-20/h1-13,16-17H,14-15,18-19,30H2,(H,32,33). The van der Waals surface area contributed by atoms with E-state index in [-0.39, 0.29) is 5.76 Å². The van der Waals surface area contributed by atoms with Crippen molar-refractivity contribution in [1.82, 2.24) is 4.57 Å². The minimum absolute atomic E-state index is 0.0647. The van der Waals surface area contributed by atoms with Gasteiger partial charge in [0.25, 0.3) is 0 Å². The highest BCUT2D eigenvalue weighted by molar-refractivity contribution is 5.86. The fraction of sp³-hybridized carbons (Fsp3) is 0.138. The van der Waals surface area contributed by atoms with Crippen LogP contribution < -0.4 is 10.5 Å². The monoisotopic (exact) mass is 466 g/mol. The average Bonchev–Trinajstić information content (AvgIpc) is 3.49. The number of aromatic carboxylic acids is 1. The number of hydrogen-bond donors (Lipinski definition) is 2. The quantitative estimate of drug-likeness (QED) is 0.290. The van der Waals surface area contributed by atoms with E-state index in [0.717, 1.165) is 45.3 Å². The molecule has 0 aliphatic carbocycles. The lowest BCUT2D eigenvalue weighted by Gasteiger charge is -2.12. The van der Waals surface area contributed by atoms with Crippen molar-refractivity contribution in [3.05, 3.63) is 114 Å². The van der Waals surface area contributed by atoms with E-state index >= 15 is 0 Å². The van der Waals surface area contributed by atoms with E-state index in [0.29, 0.717) is 25.5 Å². The normalized spacial score (nSPS) is 11.1. The summed E-state index contributed by atoms with van der Waals surface area (Å²) in [6.07, 6.45) is 2.78. The number of hydrogen-bond acceptors (Lipinski definition) is 4. The van der Waals surface area contributed by atoms with E-state index in [2.05, 4.69) is 35.0 Å². The number of carboxylic acids is 1. The number of ether oxygens (including phenoxy) is 1. The Balaban J connectivity index is 1.41. The number of fused-ring (bicyclic) bond motifs is 1. The number of aromatic nitrogens is 1. The molecule has 0 saturated carbocycles. The van der Waals surface area contributed by atoms with Crippen molar-refractivity contribution in [2.24, 2.45) is 5.73 Å². The topological polar surface area (TPSA) is 90.6 Å². The van der Waals surface area contributed by atoms with Crippen molar-refractivity contribution in [2.45, 2.75) is 19.6 Å². The molecule has 5 aromatic rings. The van der Waals surface area contributed by atoms with Gasteiger partial charge in [-0.3, -0.25) is 0 Å². The Morgan fingerprint density at radius 1 is 0.943 bits per heavy atom. The number of carboxylic acid groups (broad SMARTS) is 1. The van der Waals surface area contributed by atoms with Crippen LogP contribution in [0.4, 0.5) is 0 Å². The summed E-state index contributed by atoms with van der Waals surface area (Å²) in [6.45, 7) is 1.41. The summed E-state index contributed by atoms with van der Waals surface area (Å²) in [6, 6.07) is 27.8. The molecule has 35 heavy (non-hydrogen) atoms. The molecule has 6 heteroatoms. The Kier molecular flexibility index (Phi) is 6.37. The van der Waals surface area contributed by atoms with E-state index in [1.165, 1.54) is 6.07 Å². The number of carbonyl (C=O) groups is 1. The third kappa shape index (κ3) is 4.83. The van der Waals surface area contributed by atoms with Gasteiger partial charge in [-0.1, -0.05) is 54.6 Å². The molecule has 6 nitrogen and oxygen atoms in total. The van der Waals surface area contributed by atoms with Gasteiger partial charge in [-0.25, -0.2) is 4.79 Å². The van der Waals surface area contributed by atoms with E-state index < -0.39 is 5.97 Å². The molecule has 0 atom stereocenters. The number of rotatable bonds is 9. The average molecular weight is 467 g/mol. The van der Waals surface area contributed by atoms with Crippen LogP contribution >= 0.6 is 0 Å². The second kappa shape index (κ2) is 9.91. The molecule has 0 bridgehead atoms. The fourth-order valence-electron chi connectivity index (χ4n) is 4.38. The first-order valence-electron chi connectivity index (χ1n) is 11.5. The second-order valence-corrected chi connectivity index (χ2v) is 8.38. The van der Waals surface area contributed by atoms with Crippen LogP contribution in [0.2, 0.25) is 0 Å². The number of furan rings is 1. The van der Waals surface area contributed by atoms with Gasteiger partial charge in [-0.05, 0) is 65.6 Å². The Hall–Kier alpha value is -4.29. The third-order valence-electron chi connectivity index (χ3n) is 6.04. The zero-order valence-electron chi connectivity index (χ0n) is 19.2. The maximum absolute atomic E-state index is 11.1. The maximum atomic E-state index is 11.1. The highest BCUT2D eigenvalue weighted by atomic mass is 16.5. The summed E-state index contributed by atoms with van der Waals surface area (Å²) < 4.78 is 13.7. The van der Waals surface area contributed by atoms with Crippen LogP contribution in [0.25, 0.3) is 22.0 Å². The molecule has 0 aliphatic rings. The SMILES string of the molecule is NCCc1cn(Cc2ccc(C(=O)O)o2)c2ccc(OCc3ccccc3-c3ccccc3)cc12. The van der Waals surface area contributed by atoms with Crippen molar-refractivity contribution in [2.75, 3.05) is 6.54 Å². The summed E-state index contributed by atoms with van der Waals surface area (Å²) in [5, 5.41) is 10.2. The molecular formula is C29H26N2O4. The summed E-state index contributed by atoms with van der Waals surface area (Å²) in [4.78, 5) is 11.1. The van der Waals surface area contributed by atoms with Crippen LogP contribution in [0.15, 0.2) is 95.5 Å². The number of nitrogens with two attached hydrogens (primary N) is 1. The second-order valence-electron chi connectivity index (χ2n) is 8.38. The van der Waals surface area contributed by atoms with Gasteiger partial charge in [0.2, 0.25) is 5.76 Å². The fourth-order valence-corrected chi connectivity index (χ4v) is 4.38. The smallest absolute Gasteiger partial charge is 0.371 e. The van der Waals surface area contributed by atoms with Crippen molar-refractivity contribution >= 4 is 16.9 Å². The highest BCUT2D eigenvalue weighted by Crippen LogP contribution is 2.29. The van der Waals surface area contributed by atoms with Crippen LogP contribution in [0, 0.1) is 0 Å². The third-order valence-corrected chi connectivity index (χ3v) is 6.04. The van der Waals surface area contributed by atoms with Gasteiger partial charge in [0.15, 0.2) is 0 Å². The molecule has 3 aromatic carbocycles. The van der Waals surface area contributed by atoms with Gasteiger partial charge in [-0.15, -0.1) is 0 Å². The minimum atomic E-state index is -1.08. The largest absolute Gasteiger partial charge is 0.489 e. The number of benzene rings is 3. The van der Waals surface area contributed by atoms with E-state index in [4.69, 9.17) is 20.0 Å². The molecule has 3 N–H and O–H groups in total. The highest BCUT2D eigenvalue weighted by Gasteiger charge is 2.14. The molecule has 0 aliphatic heterocycles. The molecule has 2 heterocycles. The van der Waals surface area contributed by atoms with Gasteiger partial charge in [-0.2, -0.15) is 0 Å². The molecule has 0 radical (unpaired) electrons. The molecule has 176 valence electrons.